The third-order valence-corrected chi connectivity index (χ3v) is 3.74. The molecule has 0 unspecified atom stereocenters. The average Bonchev–Trinajstić information content (AvgIpc) is 2.76. The summed E-state index contributed by atoms with van der Waals surface area (Å²) >= 11 is 3.48. The number of nitrogens with zero attached hydrogens (tertiary/aromatic N) is 2. The van der Waals surface area contributed by atoms with E-state index in [9.17, 15) is 0 Å². The molecule has 3 aromatic rings. The highest BCUT2D eigenvalue weighted by Crippen LogP contribution is 2.26. The van der Waals surface area contributed by atoms with E-state index in [0.29, 0.717) is 12.4 Å². The Bertz CT molecular complexity index is 767. The van der Waals surface area contributed by atoms with Crippen LogP contribution in [0.15, 0.2) is 46.9 Å². The van der Waals surface area contributed by atoms with Crippen LogP contribution in [-0.4, -0.2) is 16.9 Å². The molecule has 0 atom stereocenters. The van der Waals surface area contributed by atoms with Gasteiger partial charge in [-0.1, -0.05) is 28.1 Å². The molecule has 0 bridgehead atoms. The number of hydrogen-bond donors (Lipinski definition) is 1. The average molecular weight is 332 g/mol. The Kier molecular flexibility index (Phi) is 3.36. The zero-order chi connectivity index (χ0) is 14.1. The molecule has 0 spiro atoms. The molecule has 5 heteroatoms. The maximum Gasteiger partial charge on any atom is 0.153 e. The number of nitrogen functional groups attached to an aromatic ring is 1. The van der Waals surface area contributed by atoms with E-state index in [1.54, 1.807) is 7.11 Å². The van der Waals surface area contributed by atoms with E-state index in [0.717, 1.165) is 26.7 Å². The lowest BCUT2D eigenvalue weighted by atomic mass is 10.2. The first-order valence-electron chi connectivity index (χ1n) is 6.22. The summed E-state index contributed by atoms with van der Waals surface area (Å²) in [7, 11) is 1.67. The second-order valence-electron chi connectivity index (χ2n) is 4.52. The predicted molar refractivity (Wildman–Crippen MR) is 83.9 cm³/mol. The number of anilines is 1. The number of fused-ring (bicyclic) bond motifs is 1. The van der Waals surface area contributed by atoms with Crippen molar-refractivity contribution in [3.05, 3.63) is 52.5 Å². The Labute approximate surface area is 125 Å². The van der Waals surface area contributed by atoms with Crippen LogP contribution in [0.3, 0.4) is 0 Å². The number of ether oxygens (including phenoxy) is 1. The van der Waals surface area contributed by atoms with Crippen LogP contribution in [0.4, 0.5) is 5.82 Å². The summed E-state index contributed by atoms with van der Waals surface area (Å²) < 4.78 is 8.31. The number of aromatic nitrogens is 2. The van der Waals surface area contributed by atoms with Crippen LogP contribution in [0, 0.1) is 0 Å². The summed E-state index contributed by atoms with van der Waals surface area (Å²) in [5, 5.41) is 5.39. The summed E-state index contributed by atoms with van der Waals surface area (Å²) in [6, 6.07) is 13.9. The minimum atomic E-state index is 0.551. The first-order valence-corrected chi connectivity index (χ1v) is 7.02. The number of hydrogen-bond acceptors (Lipinski definition) is 3. The molecule has 0 radical (unpaired) electrons. The molecule has 0 fully saturated rings. The standard InChI is InChI=1S/C15H14BrN3O/c1-20-14-7-6-11(16)8-10(14)9-19-13-5-3-2-4-12(13)15(17)18-19/h2-8H,9H2,1H3,(H2,17,18). The van der Waals surface area contributed by atoms with Crippen LogP contribution < -0.4 is 10.5 Å². The smallest absolute Gasteiger partial charge is 0.153 e. The largest absolute Gasteiger partial charge is 0.496 e. The molecule has 1 heterocycles. The second kappa shape index (κ2) is 5.17. The monoisotopic (exact) mass is 331 g/mol. The summed E-state index contributed by atoms with van der Waals surface area (Å²) in [5.41, 5.74) is 8.03. The highest BCUT2D eigenvalue weighted by atomic mass is 79.9. The van der Waals surface area contributed by atoms with E-state index < -0.39 is 0 Å². The van der Waals surface area contributed by atoms with Crippen molar-refractivity contribution in [3.63, 3.8) is 0 Å². The van der Waals surface area contributed by atoms with E-state index in [2.05, 4.69) is 21.0 Å². The van der Waals surface area contributed by atoms with Gasteiger partial charge in [-0.2, -0.15) is 5.10 Å². The molecule has 2 N–H and O–H groups in total. The molecule has 20 heavy (non-hydrogen) atoms. The van der Waals surface area contributed by atoms with Crippen LogP contribution in [-0.2, 0) is 6.54 Å². The molecule has 0 saturated heterocycles. The molecule has 1 aromatic heterocycles. The number of methoxy groups -OCH3 is 1. The Balaban J connectivity index is 2.08. The highest BCUT2D eigenvalue weighted by Gasteiger charge is 2.10. The first-order chi connectivity index (χ1) is 9.69. The van der Waals surface area contributed by atoms with Gasteiger partial charge in [-0.25, -0.2) is 0 Å². The van der Waals surface area contributed by atoms with Crippen molar-refractivity contribution in [2.45, 2.75) is 6.54 Å². The lowest BCUT2D eigenvalue weighted by Crippen LogP contribution is -2.04. The Hall–Kier alpha value is -2.01. The van der Waals surface area contributed by atoms with Crippen LogP contribution in [0.2, 0.25) is 0 Å². The zero-order valence-corrected chi connectivity index (χ0v) is 12.6. The van der Waals surface area contributed by atoms with Crippen molar-refractivity contribution in [2.75, 3.05) is 12.8 Å². The van der Waals surface area contributed by atoms with Crippen LogP contribution >= 0.6 is 15.9 Å². The molecule has 102 valence electrons. The van der Waals surface area contributed by atoms with Gasteiger partial charge in [-0.05, 0) is 30.3 Å². The van der Waals surface area contributed by atoms with E-state index in [4.69, 9.17) is 10.5 Å². The molecule has 0 aliphatic rings. The normalized spacial score (nSPS) is 10.9. The van der Waals surface area contributed by atoms with Gasteiger partial charge >= 0.3 is 0 Å². The summed E-state index contributed by atoms with van der Waals surface area (Å²) in [6.07, 6.45) is 0. The Morgan fingerprint density at radius 2 is 2.05 bits per heavy atom. The molecule has 3 rings (SSSR count). The Morgan fingerprint density at radius 3 is 2.85 bits per heavy atom. The molecule has 2 aromatic carbocycles. The summed E-state index contributed by atoms with van der Waals surface area (Å²) in [4.78, 5) is 0. The maximum absolute atomic E-state index is 5.96. The van der Waals surface area contributed by atoms with E-state index >= 15 is 0 Å². The van der Waals surface area contributed by atoms with Gasteiger partial charge in [0, 0.05) is 15.4 Å². The fraction of sp³-hybridized carbons (Fsp3) is 0.133. The number of nitrogens with two attached hydrogens (primary N) is 1. The lowest BCUT2D eigenvalue weighted by Gasteiger charge is -2.10. The van der Waals surface area contributed by atoms with Crippen LogP contribution in [0.5, 0.6) is 5.75 Å². The van der Waals surface area contributed by atoms with Crippen molar-refractivity contribution in [1.82, 2.24) is 9.78 Å². The van der Waals surface area contributed by atoms with Crippen LogP contribution in [0.1, 0.15) is 5.56 Å². The quantitative estimate of drug-likeness (QED) is 0.799. The fourth-order valence-electron chi connectivity index (χ4n) is 2.31. The SMILES string of the molecule is COc1ccc(Br)cc1Cn1nc(N)c2ccccc21. The molecule has 0 aliphatic heterocycles. The van der Waals surface area contributed by atoms with Gasteiger partial charge in [0.05, 0.1) is 19.2 Å². The van der Waals surface area contributed by atoms with Gasteiger partial charge < -0.3 is 10.5 Å². The minimum absolute atomic E-state index is 0.551. The van der Waals surface area contributed by atoms with E-state index in [1.807, 2.05) is 47.1 Å². The third-order valence-electron chi connectivity index (χ3n) is 3.25. The number of rotatable bonds is 3. The minimum Gasteiger partial charge on any atom is -0.496 e. The maximum atomic E-state index is 5.96. The predicted octanol–water partition coefficient (Wildman–Crippen LogP) is 3.44. The van der Waals surface area contributed by atoms with Gasteiger partial charge in [-0.3, -0.25) is 4.68 Å². The van der Waals surface area contributed by atoms with Crippen molar-refractivity contribution in [2.24, 2.45) is 0 Å². The van der Waals surface area contributed by atoms with Crippen molar-refractivity contribution in [1.29, 1.82) is 0 Å². The van der Waals surface area contributed by atoms with Gasteiger partial charge in [0.2, 0.25) is 0 Å². The fourth-order valence-corrected chi connectivity index (χ4v) is 2.71. The lowest BCUT2D eigenvalue weighted by molar-refractivity contribution is 0.407. The van der Waals surface area contributed by atoms with Gasteiger partial charge in [-0.15, -0.1) is 0 Å². The molecular formula is C15H14BrN3O. The Morgan fingerprint density at radius 1 is 1.25 bits per heavy atom. The topological polar surface area (TPSA) is 53.1 Å². The second-order valence-corrected chi connectivity index (χ2v) is 5.43. The molecular weight excluding hydrogens is 318 g/mol. The number of benzene rings is 2. The third kappa shape index (κ3) is 2.25. The summed E-state index contributed by atoms with van der Waals surface area (Å²) in [5.74, 6) is 1.39. The number of para-hydroxylation sites is 1. The molecule has 0 aliphatic carbocycles. The molecule has 0 saturated carbocycles. The van der Waals surface area contributed by atoms with Crippen molar-refractivity contribution >= 4 is 32.7 Å². The van der Waals surface area contributed by atoms with Gasteiger partial charge in [0.25, 0.3) is 0 Å². The summed E-state index contributed by atoms with van der Waals surface area (Å²) in [6.45, 7) is 0.611. The van der Waals surface area contributed by atoms with Crippen LogP contribution in [0.25, 0.3) is 10.9 Å². The molecule has 4 nitrogen and oxygen atoms in total. The first kappa shape index (κ1) is 13.0. The van der Waals surface area contributed by atoms with E-state index in [1.165, 1.54) is 0 Å². The van der Waals surface area contributed by atoms with E-state index in [-0.39, 0.29) is 0 Å². The van der Waals surface area contributed by atoms with Crippen molar-refractivity contribution in [3.8, 4) is 5.75 Å². The number of halogens is 1. The molecule has 0 amide bonds. The van der Waals surface area contributed by atoms with Crippen molar-refractivity contribution < 1.29 is 4.74 Å². The van der Waals surface area contributed by atoms with Gasteiger partial charge in [0.1, 0.15) is 5.75 Å². The zero-order valence-electron chi connectivity index (χ0n) is 11.0. The van der Waals surface area contributed by atoms with Gasteiger partial charge in [0.15, 0.2) is 5.82 Å². The highest BCUT2D eigenvalue weighted by molar-refractivity contribution is 9.10.